The maximum atomic E-state index is 10.6. The smallest absolute Gasteiger partial charge is 0.388 e. The van der Waals surface area contributed by atoms with Gasteiger partial charge in [-0.2, -0.15) is 0 Å². The van der Waals surface area contributed by atoms with Gasteiger partial charge in [0.25, 0.3) is 10.7 Å². The van der Waals surface area contributed by atoms with Crippen LogP contribution in [0.5, 0.6) is 0 Å². The van der Waals surface area contributed by atoms with E-state index in [-0.39, 0.29) is 6.29 Å². The molecule has 5 N–H and O–H groups in total. The Balaban J connectivity index is 4.17. The lowest BCUT2D eigenvalue weighted by Crippen LogP contribution is -2.40. The van der Waals surface area contributed by atoms with Crippen LogP contribution in [0.1, 0.15) is 0 Å². The van der Waals surface area contributed by atoms with Crippen LogP contribution in [0.4, 0.5) is 0 Å². The van der Waals surface area contributed by atoms with E-state index in [9.17, 15) is 13.6 Å². The van der Waals surface area contributed by atoms with E-state index in [0.29, 0.717) is 0 Å². The summed E-state index contributed by atoms with van der Waals surface area (Å²) in [5.74, 6) is 0. The molecule has 96 valence electrons. The monoisotopic (exact) mass is 278 g/mol. The summed E-state index contributed by atoms with van der Waals surface area (Å²) in [4.78, 5) is 26.7. The van der Waals surface area contributed by atoms with Crippen molar-refractivity contribution in [3.05, 3.63) is 0 Å². The number of aliphatic hydroxyl groups is 3. The Morgan fingerprint density at radius 2 is 1.81 bits per heavy atom. The van der Waals surface area contributed by atoms with Gasteiger partial charge in [0.05, 0.1) is 6.61 Å². The summed E-state index contributed by atoms with van der Waals surface area (Å²) in [5, 5.41) is 26.8. The number of carbonyl (C=O) groups excluding carboxylic acids is 1. The fourth-order valence-electron chi connectivity index (χ4n) is 0.603. The Kier molecular flexibility index (Phi) is 6.44. The second kappa shape index (κ2) is 6.52. The lowest BCUT2D eigenvalue weighted by molar-refractivity contribution is -0.127. The van der Waals surface area contributed by atoms with Gasteiger partial charge in [0.2, 0.25) is 0 Å². The highest BCUT2D eigenvalue weighted by atomic mass is 32.8. The van der Waals surface area contributed by atoms with Gasteiger partial charge in [-0.3, -0.25) is 4.18 Å². The normalized spacial score (nSPS) is 19.8. The predicted molar refractivity (Wildman–Crippen MR) is 50.2 cm³/mol. The first-order valence-electron chi connectivity index (χ1n) is 3.81. The van der Waals surface area contributed by atoms with Crippen molar-refractivity contribution in [3.8, 4) is 0 Å². The zero-order valence-corrected chi connectivity index (χ0v) is 9.45. The Hall–Kier alpha value is -0.190. The van der Waals surface area contributed by atoms with Gasteiger partial charge in [-0.1, -0.05) is 0 Å². The zero-order valence-electron chi connectivity index (χ0n) is 7.74. The Morgan fingerprint density at radius 1 is 1.31 bits per heavy atom. The van der Waals surface area contributed by atoms with Crippen LogP contribution >= 0.6 is 6.80 Å². The molecule has 0 saturated carbocycles. The third kappa shape index (κ3) is 5.23. The molecule has 0 aromatic carbocycles. The van der Waals surface area contributed by atoms with Crippen molar-refractivity contribution in [1.29, 1.82) is 0 Å². The van der Waals surface area contributed by atoms with E-state index < -0.39 is 42.4 Å². The molecule has 0 heterocycles. The van der Waals surface area contributed by atoms with Crippen LogP contribution in [-0.4, -0.2) is 60.5 Å². The maximum Gasteiger partial charge on any atom is 0.439 e. The number of aldehydes is 1. The van der Waals surface area contributed by atoms with E-state index in [1.165, 1.54) is 0 Å². The van der Waals surface area contributed by atoms with Crippen LogP contribution < -0.4 is 0 Å². The summed E-state index contributed by atoms with van der Waals surface area (Å²) in [6, 6.07) is 0. The van der Waals surface area contributed by atoms with Gasteiger partial charge in [-0.05, 0) is 0 Å². The van der Waals surface area contributed by atoms with Crippen molar-refractivity contribution in [1.82, 2.24) is 0 Å². The topological polar surface area (TPSA) is 162 Å². The second-order valence-electron chi connectivity index (χ2n) is 2.68. The van der Waals surface area contributed by atoms with Crippen LogP contribution in [0.25, 0.3) is 0 Å². The minimum Gasteiger partial charge on any atom is -0.388 e. The molecular weight excluding hydrogens is 267 g/mol. The number of aliphatic hydroxyl groups excluding tert-OH is 3. The van der Waals surface area contributed by atoms with Crippen LogP contribution in [-0.2, 0) is 24.2 Å². The molecule has 1 unspecified atom stereocenters. The number of rotatable bonds is 7. The summed E-state index contributed by atoms with van der Waals surface area (Å²) in [5.41, 5.74) is 0. The van der Waals surface area contributed by atoms with Crippen LogP contribution in [0.2, 0.25) is 0 Å². The molecule has 0 radical (unpaired) electrons. The summed E-state index contributed by atoms with van der Waals surface area (Å²) < 4.78 is 25.0. The fourth-order valence-corrected chi connectivity index (χ4v) is 1.59. The van der Waals surface area contributed by atoms with E-state index >= 15 is 0 Å². The molecular formula is C5H11O9PS. The van der Waals surface area contributed by atoms with Crippen molar-refractivity contribution in [3.63, 3.8) is 0 Å². The van der Waals surface area contributed by atoms with Crippen LogP contribution in [0, 0.1) is 0 Å². The minimum absolute atomic E-state index is 0.0478. The molecule has 0 aromatic rings. The molecule has 0 rings (SSSR count). The zero-order chi connectivity index (χ0) is 12.9. The van der Waals surface area contributed by atoms with E-state index in [1.807, 2.05) is 0 Å². The van der Waals surface area contributed by atoms with Gasteiger partial charge < -0.3 is 29.9 Å². The Labute approximate surface area is 92.2 Å². The highest BCUT2D eigenvalue weighted by Crippen LogP contribution is 2.40. The van der Waals surface area contributed by atoms with Gasteiger partial charge in [-0.25, -0.2) is 8.77 Å². The van der Waals surface area contributed by atoms with Crippen molar-refractivity contribution in [2.24, 2.45) is 0 Å². The molecule has 0 aliphatic carbocycles. The van der Waals surface area contributed by atoms with Crippen molar-refractivity contribution >= 4 is 23.8 Å². The van der Waals surface area contributed by atoms with Crippen LogP contribution in [0.15, 0.2) is 0 Å². The van der Waals surface area contributed by atoms with E-state index in [0.717, 1.165) is 0 Å². The van der Waals surface area contributed by atoms with Crippen LogP contribution in [0.3, 0.4) is 0 Å². The number of hydrogen-bond donors (Lipinski definition) is 5. The van der Waals surface area contributed by atoms with E-state index in [1.54, 1.807) is 0 Å². The maximum absolute atomic E-state index is 10.6. The first kappa shape index (κ1) is 15.8. The molecule has 11 heteroatoms. The summed E-state index contributed by atoms with van der Waals surface area (Å²) in [7, 11) is -2.96. The number of hydrogen-bond acceptors (Lipinski definition) is 7. The molecule has 9 nitrogen and oxygen atoms in total. The first-order valence-corrected chi connectivity index (χ1v) is 7.10. The largest absolute Gasteiger partial charge is 0.439 e. The molecule has 16 heavy (non-hydrogen) atoms. The highest BCUT2D eigenvalue weighted by Gasteiger charge is 2.29. The van der Waals surface area contributed by atoms with Crippen molar-refractivity contribution in [2.75, 3.05) is 6.61 Å². The quantitative estimate of drug-likeness (QED) is 0.242. The molecule has 0 saturated heterocycles. The van der Waals surface area contributed by atoms with Crippen molar-refractivity contribution in [2.45, 2.75) is 18.3 Å². The first-order chi connectivity index (χ1) is 7.20. The van der Waals surface area contributed by atoms with Gasteiger partial charge in [0, 0.05) is 0 Å². The lowest BCUT2D eigenvalue weighted by Gasteiger charge is -2.18. The molecule has 0 bridgehead atoms. The molecule has 0 spiro atoms. The van der Waals surface area contributed by atoms with Gasteiger partial charge in [-0.15, -0.1) is 0 Å². The number of carbonyl (C=O) groups is 1. The molecule has 0 aliphatic rings. The molecule has 0 aromatic heterocycles. The molecule has 0 fully saturated rings. The van der Waals surface area contributed by atoms with E-state index in [4.69, 9.17) is 25.1 Å². The molecule has 0 aliphatic heterocycles. The van der Waals surface area contributed by atoms with Crippen molar-refractivity contribution < 1.29 is 42.9 Å². The molecule has 4 atom stereocenters. The summed E-state index contributed by atoms with van der Waals surface area (Å²) >= 11 is 0. The third-order valence-electron chi connectivity index (χ3n) is 1.42. The Morgan fingerprint density at radius 3 is 2.19 bits per heavy atom. The SMILES string of the molecule is O=C[C@H](O)[C@H](O)[C@H](O)COS(=O)P(=O)(O)O. The van der Waals surface area contributed by atoms with Gasteiger partial charge in [0.1, 0.15) is 18.3 Å². The third-order valence-corrected chi connectivity index (χ3v) is 3.62. The van der Waals surface area contributed by atoms with Gasteiger partial charge >= 0.3 is 6.80 Å². The van der Waals surface area contributed by atoms with Gasteiger partial charge in [0.15, 0.2) is 6.29 Å². The summed E-state index contributed by atoms with van der Waals surface area (Å²) in [6.45, 7) is -5.86. The molecule has 0 amide bonds. The standard InChI is InChI=1S/C5H11O9PS/c6-1-3(7)5(9)4(8)2-14-16(13)15(10,11)12/h1,3-5,7-9H,2H2,(H2,10,11,12)/t3-,4+,5-,16?/m0/s1. The second-order valence-corrected chi connectivity index (χ2v) is 6.65. The highest BCUT2D eigenvalue weighted by molar-refractivity contribution is 8.42. The fraction of sp³-hybridized carbons (Fsp3) is 0.800. The summed E-state index contributed by atoms with van der Waals surface area (Å²) in [6.07, 6.45) is -5.63. The van der Waals surface area contributed by atoms with E-state index in [2.05, 4.69) is 4.18 Å². The average molecular weight is 278 g/mol. The lowest BCUT2D eigenvalue weighted by atomic mass is 10.1. The predicted octanol–water partition coefficient (Wildman–Crippen LogP) is -2.96. The Bertz CT molecular complexity index is 300. The average Bonchev–Trinajstić information content (AvgIpc) is 2.21. The minimum atomic E-state index is -4.95.